The molecule has 3 aromatic rings. The zero-order valence-electron chi connectivity index (χ0n) is 24.5. The van der Waals surface area contributed by atoms with Crippen molar-refractivity contribution >= 4 is 36.3 Å². The summed E-state index contributed by atoms with van der Waals surface area (Å²) in [5, 5.41) is 11.4. The van der Waals surface area contributed by atoms with Crippen LogP contribution in [0.5, 0.6) is 0 Å². The van der Waals surface area contributed by atoms with Crippen LogP contribution < -0.4 is 0 Å². The summed E-state index contributed by atoms with van der Waals surface area (Å²) in [6, 6.07) is 22.1. The van der Waals surface area contributed by atoms with Crippen LogP contribution in [0.3, 0.4) is 0 Å². The Hall–Kier alpha value is -2.77. The summed E-state index contributed by atoms with van der Waals surface area (Å²) >= 11 is 0. The van der Waals surface area contributed by atoms with E-state index in [4.69, 9.17) is 0 Å². The lowest BCUT2D eigenvalue weighted by atomic mass is 9.90. The minimum absolute atomic E-state index is 0. The van der Waals surface area contributed by atoms with E-state index < -0.39 is 0 Å². The Bertz CT molecular complexity index is 1320. The summed E-state index contributed by atoms with van der Waals surface area (Å²) in [6.07, 6.45) is 6.92. The van der Waals surface area contributed by atoms with Gasteiger partial charge in [0.15, 0.2) is 5.78 Å². The number of nitro groups is 1. The van der Waals surface area contributed by atoms with E-state index in [1.54, 1.807) is 12.1 Å². The smallest absolute Gasteiger partial charge is 0.273 e. The number of nitro benzene ring substituents is 1. The van der Waals surface area contributed by atoms with Gasteiger partial charge in [0.25, 0.3) is 5.69 Å². The van der Waals surface area contributed by atoms with E-state index in [-0.39, 0.29) is 41.2 Å². The van der Waals surface area contributed by atoms with Crippen LogP contribution in [0.4, 0.5) is 5.69 Å². The van der Waals surface area contributed by atoms with Gasteiger partial charge in [-0.2, -0.15) is 0 Å². The number of para-hydroxylation sites is 1. The molecule has 0 N–H and O–H groups in total. The molecule has 6 nitrogen and oxygen atoms in total. The second-order valence-corrected chi connectivity index (χ2v) is 11.7. The lowest BCUT2D eigenvalue weighted by Gasteiger charge is -2.32. The minimum atomic E-state index is -0.296. The number of hydrogen-bond donors (Lipinski definition) is 0. The van der Waals surface area contributed by atoms with Crippen LogP contribution in [-0.4, -0.2) is 46.7 Å². The monoisotopic (exact) mass is 611 g/mol. The van der Waals surface area contributed by atoms with E-state index in [0.717, 1.165) is 75.5 Å². The lowest BCUT2D eigenvalue weighted by Crippen LogP contribution is -2.33. The van der Waals surface area contributed by atoms with Gasteiger partial charge in [-0.05, 0) is 87.2 Å². The Labute approximate surface area is 262 Å². The topological polar surface area (TPSA) is 66.7 Å². The van der Waals surface area contributed by atoms with Crippen molar-refractivity contribution in [1.29, 1.82) is 0 Å². The van der Waals surface area contributed by atoms with Crippen molar-refractivity contribution in [2.75, 3.05) is 26.2 Å². The Balaban J connectivity index is 0.00000242. The first-order valence-electron chi connectivity index (χ1n) is 14.8. The van der Waals surface area contributed by atoms with E-state index in [1.807, 2.05) is 18.2 Å². The van der Waals surface area contributed by atoms with Crippen molar-refractivity contribution in [1.82, 2.24) is 9.80 Å². The molecule has 0 amide bonds. The number of nitrogens with zero attached hydrogens (tertiary/aromatic N) is 3. The predicted molar refractivity (Wildman–Crippen MR) is 174 cm³/mol. The highest BCUT2D eigenvalue weighted by molar-refractivity contribution is 5.96. The molecular weight excluding hydrogens is 569 g/mol. The van der Waals surface area contributed by atoms with Gasteiger partial charge in [0.05, 0.1) is 4.92 Å². The Morgan fingerprint density at radius 3 is 2.24 bits per heavy atom. The predicted octanol–water partition coefficient (Wildman–Crippen LogP) is 7.61. The fraction of sp³-hybridized carbons (Fsp3) is 0.441. The fourth-order valence-corrected chi connectivity index (χ4v) is 6.25. The van der Waals surface area contributed by atoms with Gasteiger partial charge in [-0.1, -0.05) is 60.2 Å². The second-order valence-electron chi connectivity index (χ2n) is 11.7. The van der Waals surface area contributed by atoms with Gasteiger partial charge in [0, 0.05) is 49.8 Å². The van der Waals surface area contributed by atoms with Crippen LogP contribution in [0.2, 0.25) is 0 Å². The van der Waals surface area contributed by atoms with Crippen LogP contribution in [-0.2, 0) is 25.9 Å². The van der Waals surface area contributed by atoms with E-state index >= 15 is 0 Å². The lowest BCUT2D eigenvalue weighted by molar-refractivity contribution is -0.385. The molecule has 0 bridgehead atoms. The van der Waals surface area contributed by atoms with Gasteiger partial charge in [0.1, 0.15) is 0 Å². The van der Waals surface area contributed by atoms with Gasteiger partial charge in [-0.25, -0.2) is 0 Å². The van der Waals surface area contributed by atoms with Crippen molar-refractivity contribution in [2.24, 2.45) is 5.92 Å². The van der Waals surface area contributed by atoms with Gasteiger partial charge < -0.3 is 0 Å². The molecule has 0 atom stereocenters. The van der Waals surface area contributed by atoms with Crippen LogP contribution in [0.15, 0.2) is 66.7 Å². The maximum Gasteiger partial charge on any atom is 0.273 e. The summed E-state index contributed by atoms with van der Waals surface area (Å²) in [5.74, 6) is 0.973. The molecule has 0 spiro atoms. The Morgan fingerprint density at radius 1 is 0.857 bits per heavy atom. The zero-order valence-corrected chi connectivity index (χ0v) is 26.1. The van der Waals surface area contributed by atoms with Crippen LogP contribution >= 0.6 is 24.8 Å². The SMILES string of the molecule is Cc1ccc(CN2CCC(CCCC(=O)c3ccc4c(c3)CCN(Cc3ccccc3[N+](=O)[O-])CC4)CC2)cc1.Cl.Cl. The average molecular weight is 613 g/mol. The standard InChI is InChI=1S/C34H41N3O3.2ClH/c1-26-9-11-28(12-10-26)24-35-19-15-27(16-20-35)5-4-8-34(38)31-14-13-29-17-21-36(22-18-30(29)23-31)25-32-6-2-3-7-33(32)37(39)40;;/h2-3,6-7,9-14,23,27H,4-5,8,15-22,24-25H2,1H3;2*1H. The molecule has 1 saturated heterocycles. The number of benzene rings is 3. The Kier molecular flexibility index (Phi) is 13.0. The first-order chi connectivity index (χ1) is 19.4. The number of fused-ring (bicyclic) bond motifs is 1. The van der Waals surface area contributed by atoms with Gasteiger partial charge in [0.2, 0.25) is 0 Å². The first-order valence-corrected chi connectivity index (χ1v) is 14.8. The number of halogens is 2. The van der Waals surface area contributed by atoms with Crippen molar-refractivity contribution in [2.45, 2.75) is 65.0 Å². The maximum absolute atomic E-state index is 13.1. The van der Waals surface area contributed by atoms with E-state index in [0.29, 0.717) is 13.0 Å². The molecule has 8 heteroatoms. The third-order valence-electron chi connectivity index (χ3n) is 8.76. The van der Waals surface area contributed by atoms with Gasteiger partial charge >= 0.3 is 0 Å². The van der Waals surface area contributed by atoms with Gasteiger partial charge in [-0.15, -0.1) is 24.8 Å². The highest BCUT2D eigenvalue weighted by Gasteiger charge is 2.21. The number of likely N-dealkylation sites (tertiary alicyclic amines) is 1. The molecular formula is C34H43Cl2N3O3. The molecule has 2 aliphatic rings. The molecule has 0 radical (unpaired) electrons. The summed E-state index contributed by atoms with van der Waals surface area (Å²) in [5.41, 5.74) is 7.01. The molecule has 0 aromatic heterocycles. The maximum atomic E-state index is 13.1. The zero-order chi connectivity index (χ0) is 27.9. The highest BCUT2D eigenvalue weighted by atomic mass is 35.5. The van der Waals surface area contributed by atoms with Crippen molar-refractivity contribution in [3.63, 3.8) is 0 Å². The van der Waals surface area contributed by atoms with Crippen LogP contribution in [0.1, 0.15) is 70.3 Å². The number of ketones is 1. The van der Waals surface area contributed by atoms with Crippen molar-refractivity contribution in [3.8, 4) is 0 Å². The summed E-state index contributed by atoms with van der Waals surface area (Å²) in [4.78, 5) is 29.0. The van der Waals surface area contributed by atoms with Crippen LogP contribution in [0.25, 0.3) is 0 Å². The van der Waals surface area contributed by atoms with E-state index in [2.05, 4.69) is 53.1 Å². The minimum Gasteiger partial charge on any atom is -0.299 e. The molecule has 3 aromatic carbocycles. The van der Waals surface area contributed by atoms with Crippen molar-refractivity contribution in [3.05, 3.63) is 110 Å². The number of carbonyl (C=O) groups is 1. The fourth-order valence-electron chi connectivity index (χ4n) is 6.25. The summed E-state index contributed by atoms with van der Waals surface area (Å²) in [6.45, 7) is 7.72. The normalized spacial score (nSPS) is 16.0. The first kappa shape index (κ1) is 33.7. The number of carbonyl (C=O) groups excluding carboxylic acids is 1. The van der Waals surface area contributed by atoms with Crippen LogP contribution in [0, 0.1) is 23.0 Å². The van der Waals surface area contributed by atoms with Crippen molar-refractivity contribution < 1.29 is 9.72 Å². The third-order valence-corrected chi connectivity index (χ3v) is 8.76. The van der Waals surface area contributed by atoms with E-state index in [9.17, 15) is 14.9 Å². The summed E-state index contributed by atoms with van der Waals surface area (Å²) < 4.78 is 0. The third kappa shape index (κ3) is 9.11. The molecule has 42 heavy (non-hydrogen) atoms. The molecule has 226 valence electrons. The number of piperidine rings is 1. The number of Topliss-reactive ketones (excluding diaryl/α,β-unsaturated/α-hetero) is 1. The quantitative estimate of drug-likeness (QED) is 0.134. The Morgan fingerprint density at radius 2 is 1.52 bits per heavy atom. The number of aryl methyl sites for hydroxylation is 1. The number of rotatable bonds is 10. The molecule has 0 saturated carbocycles. The molecule has 0 unspecified atom stereocenters. The average Bonchev–Trinajstić information content (AvgIpc) is 3.17. The highest BCUT2D eigenvalue weighted by Crippen LogP contribution is 2.26. The molecule has 2 aliphatic heterocycles. The van der Waals surface area contributed by atoms with E-state index in [1.165, 1.54) is 35.1 Å². The summed E-state index contributed by atoms with van der Waals surface area (Å²) in [7, 11) is 0. The second kappa shape index (κ2) is 16.2. The molecule has 0 aliphatic carbocycles. The molecule has 2 heterocycles. The molecule has 1 fully saturated rings. The largest absolute Gasteiger partial charge is 0.299 e. The van der Waals surface area contributed by atoms with Gasteiger partial charge in [-0.3, -0.25) is 24.7 Å². The molecule has 5 rings (SSSR count). The number of hydrogen-bond acceptors (Lipinski definition) is 5.